The third kappa shape index (κ3) is 3.43. The maximum absolute atomic E-state index is 12.0. The summed E-state index contributed by atoms with van der Waals surface area (Å²) in [4.78, 5) is 27.3. The van der Waals surface area contributed by atoms with Gasteiger partial charge in [0.2, 0.25) is 5.91 Å². The van der Waals surface area contributed by atoms with E-state index in [1.165, 1.54) is 7.11 Å². The first-order valence-corrected chi connectivity index (χ1v) is 6.31. The minimum absolute atomic E-state index is 0.00279. The van der Waals surface area contributed by atoms with Crippen LogP contribution < -0.4 is 5.73 Å². The third-order valence-electron chi connectivity index (χ3n) is 3.17. The molecule has 1 unspecified atom stereocenters. The molecule has 2 N–H and O–H groups in total. The molecule has 1 rings (SSSR count). The third-order valence-corrected chi connectivity index (χ3v) is 3.17. The van der Waals surface area contributed by atoms with Crippen LogP contribution in [0, 0.1) is 5.92 Å². The number of piperazine rings is 1. The van der Waals surface area contributed by atoms with Gasteiger partial charge in [-0.25, -0.2) is 0 Å². The maximum atomic E-state index is 12.0. The molecule has 18 heavy (non-hydrogen) atoms. The Labute approximate surface area is 108 Å². The normalized spacial score (nSPS) is 18.1. The summed E-state index contributed by atoms with van der Waals surface area (Å²) in [5.74, 6) is 0.0591. The first-order valence-electron chi connectivity index (χ1n) is 6.31. The Kier molecular flexibility index (Phi) is 5.55. The molecular weight excluding hydrogens is 234 g/mol. The smallest absolute Gasteiger partial charge is 0.253 e. The van der Waals surface area contributed by atoms with E-state index in [-0.39, 0.29) is 24.3 Å². The second-order valence-corrected chi connectivity index (χ2v) is 4.77. The van der Waals surface area contributed by atoms with Crippen LogP contribution in [0.5, 0.6) is 0 Å². The molecule has 1 saturated heterocycles. The van der Waals surface area contributed by atoms with E-state index >= 15 is 0 Å². The molecule has 2 amide bonds. The number of carbonyl (C=O) groups is 2. The van der Waals surface area contributed by atoms with Crippen molar-refractivity contribution in [2.75, 3.05) is 39.8 Å². The molecule has 6 heteroatoms. The molecule has 1 heterocycles. The van der Waals surface area contributed by atoms with E-state index in [1.54, 1.807) is 9.80 Å². The summed E-state index contributed by atoms with van der Waals surface area (Å²) >= 11 is 0. The van der Waals surface area contributed by atoms with Crippen LogP contribution in [0.15, 0.2) is 0 Å². The molecule has 0 bridgehead atoms. The topological polar surface area (TPSA) is 75.9 Å². The predicted octanol–water partition coefficient (Wildman–Crippen LogP) is -0.713. The monoisotopic (exact) mass is 257 g/mol. The number of ether oxygens (including phenoxy) is 1. The number of carbonyl (C=O) groups excluding carboxylic acids is 2. The molecule has 0 spiro atoms. The van der Waals surface area contributed by atoms with Crippen LogP contribution >= 0.6 is 0 Å². The number of hydrogen-bond donors (Lipinski definition) is 1. The number of rotatable bonds is 4. The van der Waals surface area contributed by atoms with Gasteiger partial charge in [-0.05, 0) is 0 Å². The fraction of sp³-hybridized carbons (Fsp3) is 0.833. The van der Waals surface area contributed by atoms with Crippen molar-refractivity contribution in [2.24, 2.45) is 11.7 Å². The zero-order valence-corrected chi connectivity index (χ0v) is 11.4. The van der Waals surface area contributed by atoms with E-state index in [2.05, 4.69) is 0 Å². The van der Waals surface area contributed by atoms with Crippen molar-refractivity contribution >= 4 is 11.8 Å². The van der Waals surface area contributed by atoms with Crippen molar-refractivity contribution in [3.05, 3.63) is 0 Å². The first kappa shape index (κ1) is 14.9. The Balaban J connectivity index is 2.49. The average Bonchev–Trinajstić information content (AvgIpc) is 2.39. The minimum Gasteiger partial charge on any atom is -0.370 e. The summed E-state index contributed by atoms with van der Waals surface area (Å²) in [5.41, 5.74) is 5.47. The van der Waals surface area contributed by atoms with E-state index in [1.807, 2.05) is 13.8 Å². The number of nitrogens with zero attached hydrogens (tertiary/aromatic N) is 2. The van der Waals surface area contributed by atoms with Gasteiger partial charge in [0.05, 0.1) is 0 Å². The molecular formula is C12H23N3O3. The summed E-state index contributed by atoms with van der Waals surface area (Å²) in [7, 11) is 1.48. The van der Waals surface area contributed by atoms with Crippen LogP contribution in [0.2, 0.25) is 0 Å². The molecule has 1 aliphatic rings. The Hall–Kier alpha value is -1.14. The molecule has 0 aromatic carbocycles. The molecule has 1 aliphatic heterocycles. The molecule has 0 radical (unpaired) electrons. The van der Waals surface area contributed by atoms with Crippen LogP contribution in [-0.2, 0) is 14.3 Å². The predicted molar refractivity (Wildman–Crippen MR) is 67.8 cm³/mol. The molecule has 1 atom stereocenters. The summed E-state index contributed by atoms with van der Waals surface area (Å²) in [6, 6.07) is 0. The SMILES string of the molecule is COC(CN)C(=O)N1CCN(C(=O)C(C)C)CC1. The molecule has 0 aliphatic carbocycles. The highest BCUT2D eigenvalue weighted by molar-refractivity contribution is 5.82. The molecule has 6 nitrogen and oxygen atoms in total. The van der Waals surface area contributed by atoms with Gasteiger partial charge in [-0.1, -0.05) is 13.8 Å². The lowest BCUT2D eigenvalue weighted by atomic mass is 10.1. The molecule has 0 saturated carbocycles. The second-order valence-electron chi connectivity index (χ2n) is 4.77. The second kappa shape index (κ2) is 6.70. The quantitative estimate of drug-likeness (QED) is 0.721. The van der Waals surface area contributed by atoms with Gasteiger partial charge in [0.1, 0.15) is 6.10 Å². The zero-order valence-electron chi connectivity index (χ0n) is 11.4. The van der Waals surface area contributed by atoms with Crippen molar-refractivity contribution in [1.29, 1.82) is 0 Å². The van der Waals surface area contributed by atoms with E-state index < -0.39 is 6.10 Å². The van der Waals surface area contributed by atoms with Crippen molar-refractivity contribution in [2.45, 2.75) is 20.0 Å². The maximum Gasteiger partial charge on any atom is 0.253 e. The lowest BCUT2D eigenvalue weighted by Crippen LogP contribution is -2.54. The van der Waals surface area contributed by atoms with Crippen LogP contribution in [-0.4, -0.2) is 67.6 Å². The average molecular weight is 257 g/mol. The Bertz CT molecular complexity index is 295. The van der Waals surface area contributed by atoms with Gasteiger partial charge in [-0.3, -0.25) is 9.59 Å². The Morgan fingerprint density at radius 3 is 1.89 bits per heavy atom. The van der Waals surface area contributed by atoms with Crippen LogP contribution in [0.3, 0.4) is 0 Å². The summed E-state index contributed by atoms with van der Waals surface area (Å²) < 4.78 is 5.03. The summed E-state index contributed by atoms with van der Waals surface area (Å²) in [5, 5.41) is 0. The zero-order chi connectivity index (χ0) is 13.7. The van der Waals surface area contributed by atoms with Crippen molar-refractivity contribution in [3.8, 4) is 0 Å². The van der Waals surface area contributed by atoms with E-state index in [9.17, 15) is 9.59 Å². The number of hydrogen-bond acceptors (Lipinski definition) is 4. The number of methoxy groups -OCH3 is 1. The van der Waals surface area contributed by atoms with Crippen molar-refractivity contribution < 1.29 is 14.3 Å². The van der Waals surface area contributed by atoms with E-state index in [0.29, 0.717) is 26.2 Å². The minimum atomic E-state index is -0.572. The fourth-order valence-electron chi connectivity index (χ4n) is 2.01. The first-order chi connectivity index (χ1) is 8.51. The van der Waals surface area contributed by atoms with Gasteiger partial charge in [0.25, 0.3) is 5.91 Å². The van der Waals surface area contributed by atoms with Crippen molar-refractivity contribution in [1.82, 2.24) is 9.80 Å². The lowest BCUT2D eigenvalue weighted by molar-refractivity contribution is -0.147. The van der Waals surface area contributed by atoms with Gasteiger partial charge in [-0.2, -0.15) is 0 Å². The van der Waals surface area contributed by atoms with Gasteiger partial charge in [0, 0.05) is 45.8 Å². The summed E-state index contributed by atoms with van der Waals surface area (Å²) in [6.07, 6.45) is -0.572. The molecule has 1 fully saturated rings. The van der Waals surface area contributed by atoms with Crippen LogP contribution in [0.25, 0.3) is 0 Å². The van der Waals surface area contributed by atoms with Gasteiger partial charge in [-0.15, -0.1) is 0 Å². The lowest BCUT2D eigenvalue weighted by Gasteiger charge is -2.36. The number of nitrogens with two attached hydrogens (primary N) is 1. The van der Waals surface area contributed by atoms with Crippen molar-refractivity contribution in [3.63, 3.8) is 0 Å². The molecule has 0 aromatic rings. The number of amides is 2. The van der Waals surface area contributed by atoms with Gasteiger partial charge >= 0.3 is 0 Å². The standard InChI is InChI=1S/C12H23N3O3/c1-9(2)11(16)14-4-6-15(7-5-14)12(17)10(8-13)18-3/h9-10H,4-8,13H2,1-3H3. The Morgan fingerprint density at radius 2 is 1.56 bits per heavy atom. The van der Waals surface area contributed by atoms with Gasteiger partial charge < -0.3 is 20.3 Å². The highest BCUT2D eigenvalue weighted by Crippen LogP contribution is 2.08. The van der Waals surface area contributed by atoms with E-state index in [4.69, 9.17) is 10.5 Å². The van der Waals surface area contributed by atoms with Crippen LogP contribution in [0.1, 0.15) is 13.8 Å². The summed E-state index contributed by atoms with van der Waals surface area (Å²) in [6.45, 7) is 6.23. The Morgan fingerprint density at radius 1 is 1.11 bits per heavy atom. The van der Waals surface area contributed by atoms with Gasteiger partial charge in [0.15, 0.2) is 0 Å². The fourth-order valence-corrected chi connectivity index (χ4v) is 2.01. The molecule has 104 valence electrons. The van der Waals surface area contributed by atoms with Crippen LogP contribution in [0.4, 0.5) is 0 Å². The highest BCUT2D eigenvalue weighted by Gasteiger charge is 2.28. The molecule has 0 aromatic heterocycles. The largest absolute Gasteiger partial charge is 0.370 e. The van der Waals surface area contributed by atoms with E-state index in [0.717, 1.165) is 0 Å². The highest BCUT2D eigenvalue weighted by atomic mass is 16.5.